The van der Waals surface area contributed by atoms with Gasteiger partial charge >= 0.3 is 0 Å². The smallest absolute Gasteiger partial charge is 0.0531 e. The first-order chi connectivity index (χ1) is 18.2. The Labute approximate surface area is 220 Å². The Kier molecular flexibility index (Phi) is 7.59. The normalized spacial score (nSPS) is 12.3. The Morgan fingerprint density at radius 1 is 0.622 bits per heavy atom. The van der Waals surface area contributed by atoms with Gasteiger partial charge in [-0.1, -0.05) is 139 Å². The van der Waals surface area contributed by atoms with Gasteiger partial charge in [-0.3, -0.25) is 0 Å². The molecule has 0 amide bonds. The van der Waals surface area contributed by atoms with Gasteiger partial charge in [0.05, 0.1) is 6.04 Å². The van der Waals surface area contributed by atoms with Crippen molar-refractivity contribution in [3.05, 3.63) is 162 Å². The van der Waals surface area contributed by atoms with Gasteiger partial charge in [-0.15, -0.1) is 0 Å². The highest BCUT2D eigenvalue weighted by molar-refractivity contribution is 5.70. The van der Waals surface area contributed by atoms with E-state index in [1.54, 1.807) is 0 Å². The Morgan fingerprint density at radius 2 is 1.11 bits per heavy atom. The molecular formula is C35H32N2. The molecule has 0 aliphatic rings. The third-order valence-corrected chi connectivity index (χ3v) is 6.70. The van der Waals surface area contributed by atoms with Crippen molar-refractivity contribution >= 4 is 5.70 Å². The zero-order valence-electron chi connectivity index (χ0n) is 21.1. The van der Waals surface area contributed by atoms with Crippen LogP contribution in [0.2, 0.25) is 0 Å². The Balaban J connectivity index is 1.40. The van der Waals surface area contributed by atoms with Crippen LogP contribution in [0, 0.1) is 6.92 Å². The van der Waals surface area contributed by atoms with Gasteiger partial charge in [-0.05, 0) is 51.9 Å². The molecule has 5 aromatic carbocycles. The first kappa shape index (κ1) is 24.3. The summed E-state index contributed by atoms with van der Waals surface area (Å²) in [5.74, 6) is 0. The fraction of sp³-hybridized carbons (Fsp3) is 0.0857. The van der Waals surface area contributed by atoms with Gasteiger partial charge < -0.3 is 11.1 Å². The number of hydrogen-bond donors (Lipinski definition) is 2. The number of aryl methyl sites for hydroxylation is 1. The predicted molar refractivity (Wildman–Crippen MR) is 157 cm³/mol. The second-order valence-corrected chi connectivity index (χ2v) is 9.40. The van der Waals surface area contributed by atoms with E-state index >= 15 is 0 Å². The van der Waals surface area contributed by atoms with Gasteiger partial charge in [0.1, 0.15) is 0 Å². The summed E-state index contributed by atoms with van der Waals surface area (Å²) in [6.45, 7) is 2.86. The molecule has 5 rings (SSSR count). The van der Waals surface area contributed by atoms with E-state index in [2.05, 4.69) is 140 Å². The first-order valence-electron chi connectivity index (χ1n) is 12.7. The molecule has 0 saturated heterocycles. The number of hydrogen-bond acceptors (Lipinski definition) is 2. The van der Waals surface area contributed by atoms with E-state index in [0.717, 1.165) is 17.8 Å². The molecule has 0 aromatic heterocycles. The average molecular weight is 481 g/mol. The van der Waals surface area contributed by atoms with E-state index in [9.17, 15) is 0 Å². The van der Waals surface area contributed by atoms with Gasteiger partial charge in [0.2, 0.25) is 0 Å². The van der Waals surface area contributed by atoms with E-state index in [1.165, 1.54) is 38.9 Å². The van der Waals surface area contributed by atoms with E-state index in [1.807, 2.05) is 12.1 Å². The molecule has 0 spiro atoms. The molecule has 37 heavy (non-hydrogen) atoms. The summed E-state index contributed by atoms with van der Waals surface area (Å²) in [4.78, 5) is 0. The van der Waals surface area contributed by atoms with E-state index in [0.29, 0.717) is 0 Å². The Morgan fingerprint density at radius 3 is 1.70 bits per heavy atom. The molecule has 1 atom stereocenters. The highest BCUT2D eigenvalue weighted by Crippen LogP contribution is 2.26. The first-order valence-corrected chi connectivity index (χ1v) is 12.7. The second kappa shape index (κ2) is 11.6. The average Bonchev–Trinajstić information content (AvgIpc) is 2.97. The van der Waals surface area contributed by atoms with Gasteiger partial charge in [0, 0.05) is 12.2 Å². The summed E-state index contributed by atoms with van der Waals surface area (Å²) >= 11 is 0. The van der Waals surface area contributed by atoms with Crippen molar-refractivity contribution < 1.29 is 0 Å². The SMILES string of the molecule is Cc1ccc(-c2ccc(C(/C=C(\N)c3ccc(-c4ccccc4)cc3)NCc3ccccc3)cc2)cc1. The van der Waals surface area contributed by atoms with Gasteiger partial charge in [0.15, 0.2) is 0 Å². The van der Waals surface area contributed by atoms with Crippen molar-refractivity contribution in [3.8, 4) is 22.3 Å². The van der Waals surface area contributed by atoms with Crippen LogP contribution in [0.25, 0.3) is 28.0 Å². The second-order valence-electron chi connectivity index (χ2n) is 9.40. The molecule has 0 fully saturated rings. The van der Waals surface area contributed by atoms with Crippen LogP contribution in [0.1, 0.15) is 28.3 Å². The van der Waals surface area contributed by atoms with Gasteiger partial charge in [-0.25, -0.2) is 0 Å². The number of rotatable bonds is 8. The number of nitrogens with two attached hydrogens (primary N) is 1. The minimum absolute atomic E-state index is 0.0268. The largest absolute Gasteiger partial charge is 0.398 e. The fourth-order valence-electron chi connectivity index (χ4n) is 4.49. The molecular weight excluding hydrogens is 448 g/mol. The van der Waals surface area contributed by atoms with Crippen LogP contribution in [-0.2, 0) is 6.54 Å². The molecule has 1 unspecified atom stereocenters. The van der Waals surface area contributed by atoms with Crippen LogP contribution in [0.15, 0.2) is 140 Å². The van der Waals surface area contributed by atoms with Crippen molar-refractivity contribution in [3.63, 3.8) is 0 Å². The summed E-state index contributed by atoms with van der Waals surface area (Å²) in [5.41, 5.74) is 16.9. The van der Waals surface area contributed by atoms with Gasteiger partial charge in [0.25, 0.3) is 0 Å². The summed E-state index contributed by atoms with van der Waals surface area (Å²) in [5, 5.41) is 3.70. The summed E-state index contributed by atoms with van der Waals surface area (Å²) < 4.78 is 0. The summed E-state index contributed by atoms with van der Waals surface area (Å²) in [7, 11) is 0. The maximum atomic E-state index is 6.65. The zero-order chi connectivity index (χ0) is 25.5. The van der Waals surface area contributed by atoms with E-state index < -0.39 is 0 Å². The molecule has 0 aliphatic carbocycles. The van der Waals surface area contributed by atoms with Crippen molar-refractivity contribution in [2.75, 3.05) is 0 Å². The van der Waals surface area contributed by atoms with Crippen LogP contribution >= 0.6 is 0 Å². The molecule has 0 aliphatic heterocycles. The van der Waals surface area contributed by atoms with Crippen LogP contribution in [-0.4, -0.2) is 0 Å². The predicted octanol–water partition coefficient (Wildman–Crippen LogP) is 8.16. The monoisotopic (exact) mass is 480 g/mol. The summed E-state index contributed by atoms with van der Waals surface area (Å²) in [6.07, 6.45) is 2.13. The quantitative estimate of drug-likeness (QED) is 0.235. The Hall–Kier alpha value is -4.40. The van der Waals surface area contributed by atoms with Crippen LogP contribution in [0.5, 0.6) is 0 Å². The molecule has 5 aromatic rings. The number of nitrogens with one attached hydrogen (secondary N) is 1. The van der Waals surface area contributed by atoms with Crippen molar-refractivity contribution in [1.82, 2.24) is 5.32 Å². The summed E-state index contributed by atoms with van der Waals surface area (Å²) in [6, 6.07) is 46.7. The molecule has 2 nitrogen and oxygen atoms in total. The minimum Gasteiger partial charge on any atom is -0.398 e. The lowest BCUT2D eigenvalue weighted by molar-refractivity contribution is 0.621. The highest BCUT2D eigenvalue weighted by Gasteiger charge is 2.11. The molecule has 0 radical (unpaired) electrons. The molecule has 0 bridgehead atoms. The van der Waals surface area contributed by atoms with Crippen LogP contribution in [0.3, 0.4) is 0 Å². The zero-order valence-corrected chi connectivity index (χ0v) is 21.1. The number of benzene rings is 5. The molecule has 182 valence electrons. The highest BCUT2D eigenvalue weighted by atomic mass is 14.9. The maximum absolute atomic E-state index is 6.65. The standard InChI is InChI=1S/C35H32N2/c1-26-12-14-29(15-13-26)31-18-22-33(23-19-31)35(37-25-27-8-4-2-5-9-27)24-34(36)32-20-16-30(17-21-32)28-10-6-3-7-11-28/h2-24,35,37H,25,36H2,1H3/b34-24-. The topological polar surface area (TPSA) is 38.0 Å². The molecule has 0 saturated carbocycles. The maximum Gasteiger partial charge on any atom is 0.0531 e. The van der Waals surface area contributed by atoms with Crippen LogP contribution < -0.4 is 11.1 Å². The third kappa shape index (κ3) is 6.24. The lowest BCUT2D eigenvalue weighted by Gasteiger charge is -2.18. The molecule has 3 N–H and O–H groups in total. The lowest BCUT2D eigenvalue weighted by Crippen LogP contribution is -2.20. The molecule has 2 heteroatoms. The molecule has 0 heterocycles. The van der Waals surface area contributed by atoms with Crippen molar-refractivity contribution in [2.45, 2.75) is 19.5 Å². The van der Waals surface area contributed by atoms with E-state index in [-0.39, 0.29) is 6.04 Å². The van der Waals surface area contributed by atoms with Crippen molar-refractivity contribution in [2.24, 2.45) is 5.73 Å². The Bertz CT molecular complexity index is 1430. The minimum atomic E-state index is -0.0268. The lowest BCUT2D eigenvalue weighted by atomic mass is 9.98. The van der Waals surface area contributed by atoms with Crippen molar-refractivity contribution in [1.29, 1.82) is 0 Å². The fourth-order valence-corrected chi connectivity index (χ4v) is 4.49. The third-order valence-electron chi connectivity index (χ3n) is 6.70. The van der Waals surface area contributed by atoms with Crippen LogP contribution in [0.4, 0.5) is 0 Å². The van der Waals surface area contributed by atoms with Gasteiger partial charge in [-0.2, -0.15) is 0 Å². The van der Waals surface area contributed by atoms with E-state index in [4.69, 9.17) is 5.73 Å².